The van der Waals surface area contributed by atoms with Crippen LogP contribution in [-0.2, 0) is 0 Å². The Morgan fingerprint density at radius 1 is 1.24 bits per heavy atom. The summed E-state index contributed by atoms with van der Waals surface area (Å²) < 4.78 is 24.1. The first-order valence-corrected chi connectivity index (χ1v) is 8.06. The van der Waals surface area contributed by atoms with Crippen molar-refractivity contribution in [2.24, 2.45) is 0 Å². The lowest BCUT2D eigenvalue weighted by atomic mass is 10.1. The van der Waals surface area contributed by atoms with Crippen LogP contribution in [0.25, 0.3) is 11.4 Å². The fourth-order valence-electron chi connectivity index (χ4n) is 2.33. The maximum Gasteiger partial charge on any atom is 0.249 e. The second-order valence-electron chi connectivity index (χ2n) is 5.64. The summed E-state index contributed by atoms with van der Waals surface area (Å²) in [5.74, 6) is 1.03. The Balaban J connectivity index is 1.77. The third kappa shape index (κ3) is 3.74. The van der Waals surface area contributed by atoms with Crippen LogP contribution in [0.5, 0.6) is 5.75 Å². The SMILES string of the molecule is COc1ccc(NC(C)c2nc(-c3ccc(C)c(F)c3)no2)cc1Cl. The zero-order valence-electron chi connectivity index (χ0n) is 14.0. The minimum Gasteiger partial charge on any atom is -0.495 e. The van der Waals surface area contributed by atoms with Crippen molar-refractivity contribution in [2.45, 2.75) is 19.9 Å². The van der Waals surface area contributed by atoms with Gasteiger partial charge in [-0.25, -0.2) is 4.39 Å². The molecule has 0 radical (unpaired) electrons. The Morgan fingerprint density at radius 2 is 2.04 bits per heavy atom. The van der Waals surface area contributed by atoms with E-state index >= 15 is 0 Å². The van der Waals surface area contributed by atoms with Crippen LogP contribution in [0, 0.1) is 12.7 Å². The van der Waals surface area contributed by atoms with Gasteiger partial charge in [-0.15, -0.1) is 0 Å². The molecule has 5 nitrogen and oxygen atoms in total. The van der Waals surface area contributed by atoms with Crippen molar-refractivity contribution in [1.29, 1.82) is 0 Å². The summed E-state index contributed by atoms with van der Waals surface area (Å²) in [5, 5.41) is 7.65. The molecule has 0 aliphatic heterocycles. The maximum atomic E-state index is 13.7. The number of methoxy groups -OCH3 is 1. The van der Waals surface area contributed by atoms with Gasteiger partial charge < -0.3 is 14.6 Å². The lowest BCUT2D eigenvalue weighted by Gasteiger charge is -2.12. The first-order chi connectivity index (χ1) is 12.0. The van der Waals surface area contributed by atoms with E-state index in [-0.39, 0.29) is 11.9 Å². The molecular weight excluding hydrogens is 345 g/mol. The molecule has 2 aromatic carbocycles. The quantitative estimate of drug-likeness (QED) is 0.691. The highest BCUT2D eigenvalue weighted by atomic mass is 35.5. The average molecular weight is 362 g/mol. The van der Waals surface area contributed by atoms with Gasteiger partial charge in [-0.1, -0.05) is 28.9 Å². The number of benzene rings is 2. The van der Waals surface area contributed by atoms with Gasteiger partial charge in [0.05, 0.1) is 12.1 Å². The summed E-state index contributed by atoms with van der Waals surface area (Å²) in [7, 11) is 1.56. The number of nitrogens with one attached hydrogen (secondary N) is 1. The van der Waals surface area contributed by atoms with Gasteiger partial charge in [0.15, 0.2) is 0 Å². The number of rotatable bonds is 5. The van der Waals surface area contributed by atoms with Crippen LogP contribution in [-0.4, -0.2) is 17.3 Å². The van der Waals surface area contributed by atoms with Crippen LogP contribution >= 0.6 is 11.6 Å². The van der Waals surface area contributed by atoms with Crippen LogP contribution in [0.15, 0.2) is 40.9 Å². The number of ether oxygens (including phenoxy) is 1. The van der Waals surface area contributed by atoms with E-state index in [0.29, 0.717) is 33.6 Å². The van der Waals surface area contributed by atoms with Crippen molar-refractivity contribution in [3.05, 3.63) is 58.7 Å². The highest BCUT2D eigenvalue weighted by Gasteiger charge is 2.16. The zero-order valence-corrected chi connectivity index (χ0v) is 14.8. The first kappa shape index (κ1) is 17.2. The normalized spacial score (nSPS) is 12.0. The second kappa shape index (κ2) is 7.11. The van der Waals surface area contributed by atoms with Crippen LogP contribution in [0.1, 0.15) is 24.4 Å². The number of nitrogens with zero attached hydrogens (tertiary/aromatic N) is 2. The molecule has 0 bridgehead atoms. The van der Waals surface area contributed by atoms with Crippen molar-refractivity contribution < 1.29 is 13.7 Å². The average Bonchev–Trinajstić information content (AvgIpc) is 3.08. The second-order valence-corrected chi connectivity index (χ2v) is 6.04. The summed E-state index contributed by atoms with van der Waals surface area (Å²) in [4.78, 5) is 4.34. The summed E-state index contributed by atoms with van der Waals surface area (Å²) in [6, 6.07) is 9.95. The molecule has 1 N–H and O–H groups in total. The van der Waals surface area contributed by atoms with E-state index in [2.05, 4.69) is 15.5 Å². The molecule has 0 amide bonds. The van der Waals surface area contributed by atoms with E-state index in [4.69, 9.17) is 20.9 Å². The molecule has 3 rings (SSSR count). The zero-order chi connectivity index (χ0) is 18.0. The number of anilines is 1. The van der Waals surface area contributed by atoms with Gasteiger partial charge in [-0.3, -0.25) is 0 Å². The highest BCUT2D eigenvalue weighted by Crippen LogP contribution is 2.29. The van der Waals surface area contributed by atoms with Gasteiger partial charge >= 0.3 is 0 Å². The van der Waals surface area contributed by atoms with Crippen molar-refractivity contribution in [2.75, 3.05) is 12.4 Å². The van der Waals surface area contributed by atoms with Gasteiger partial charge in [0.2, 0.25) is 11.7 Å². The Bertz CT molecular complexity index is 898. The Morgan fingerprint density at radius 3 is 2.72 bits per heavy atom. The van der Waals surface area contributed by atoms with Crippen molar-refractivity contribution >= 4 is 17.3 Å². The molecule has 0 spiro atoms. The molecule has 0 aliphatic carbocycles. The van der Waals surface area contributed by atoms with Crippen LogP contribution in [0.4, 0.5) is 10.1 Å². The van der Waals surface area contributed by atoms with Gasteiger partial charge in [0.25, 0.3) is 0 Å². The van der Waals surface area contributed by atoms with Crippen LogP contribution in [0.3, 0.4) is 0 Å². The molecule has 130 valence electrons. The molecule has 0 aliphatic rings. The topological polar surface area (TPSA) is 60.2 Å². The van der Waals surface area contributed by atoms with Gasteiger partial charge in [0.1, 0.15) is 17.6 Å². The van der Waals surface area contributed by atoms with E-state index in [0.717, 1.165) is 5.69 Å². The molecular formula is C18H17ClFN3O2. The molecule has 7 heteroatoms. The fraction of sp³-hybridized carbons (Fsp3) is 0.222. The smallest absolute Gasteiger partial charge is 0.249 e. The Kier molecular flexibility index (Phi) is 4.90. The largest absolute Gasteiger partial charge is 0.495 e. The predicted octanol–water partition coefficient (Wildman–Crippen LogP) is 5.02. The highest BCUT2D eigenvalue weighted by molar-refractivity contribution is 6.32. The van der Waals surface area contributed by atoms with E-state index in [1.165, 1.54) is 6.07 Å². The molecule has 0 saturated heterocycles. The Labute approximate surface area is 149 Å². The summed E-state index contributed by atoms with van der Waals surface area (Å²) in [6.07, 6.45) is 0. The molecule has 25 heavy (non-hydrogen) atoms. The number of halogens is 2. The predicted molar refractivity (Wildman–Crippen MR) is 94.5 cm³/mol. The monoisotopic (exact) mass is 361 g/mol. The third-order valence-corrected chi connectivity index (χ3v) is 4.07. The molecule has 3 aromatic rings. The maximum absolute atomic E-state index is 13.7. The summed E-state index contributed by atoms with van der Waals surface area (Å²) in [5.41, 5.74) is 1.93. The number of aryl methyl sites for hydroxylation is 1. The van der Waals surface area contributed by atoms with E-state index < -0.39 is 0 Å². The molecule has 1 unspecified atom stereocenters. The van der Waals surface area contributed by atoms with Gasteiger partial charge in [-0.05, 0) is 43.7 Å². The minimum atomic E-state index is -0.303. The van der Waals surface area contributed by atoms with Crippen molar-refractivity contribution in [3.63, 3.8) is 0 Å². The van der Waals surface area contributed by atoms with Crippen LogP contribution in [0.2, 0.25) is 5.02 Å². The van der Waals surface area contributed by atoms with E-state index in [1.54, 1.807) is 38.3 Å². The number of hydrogen-bond acceptors (Lipinski definition) is 5. The fourth-order valence-corrected chi connectivity index (χ4v) is 2.59. The molecule has 1 heterocycles. The third-order valence-electron chi connectivity index (χ3n) is 3.78. The lowest BCUT2D eigenvalue weighted by Crippen LogP contribution is -2.07. The Hall–Kier alpha value is -2.60. The number of aromatic nitrogens is 2. The molecule has 0 saturated carbocycles. The van der Waals surface area contributed by atoms with E-state index in [9.17, 15) is 4.39 Å². The molecule has 1 aromatic heterocycles. The van der Waals surface area contributed by atoms with Gasteiger partial charge in [0, 0.05) is 11.3 Å². The minimum absolute atomic E-state index is 0.249. The summed E-state index contributed by atoms with van der Waals surface area (Å²) in [6.45, 7) is 3.58. The lowest BCUT2D eigenvalue weighted by molar-refractivity contribution is 0.368. The molecule has 0 fully saturated rings. The van der Waals surface area contributed by atoms with E-state index in [1.807, 2.05) is 13.0 Å². The van der Waals surface area contributed by atoms with Crippen molar-refractivity contribution in [3.8, 4) is 17.1 Å². The van der Waals surface area contributed by atoms with Gasteiger partial charge in [-0.2, -0.15) is 4.98 Å². The molecule has 1 atom stereocenters. The van der Waals surface area contributed by atoms with Crippen LogP contribution < -0.4 is 10.1 Å². The van der Waals surface area contributed by atoms with Crippen molar-refractivity contribution in [1.82, 2.24) is 10.1 Å². The number of hydrogen-bond donors (Lipinski definition) is 1. The standard InChI is InChI=1S/C18H17ClFN3O2/c1-10-4-5-12(8-15(10)20)17-22-18(25-23-17)11(2)21-13-6-7-16(24-3)14(19)9-13/h4-9,11,21H,1-3H3. The first-order valence-electron chi connectivity index (χ1n) is 7.68. The summed E-state index contributed by atoms with van der Waals surface area (Å²) >= 11 is 6.12.